The molecule has 4 aromatic heterocycles. The van der Waals surface area contributed by atoms with Crippen LogP contribution in [0.1, 0.15) is 18.7 Å². The van der Waals surface area contributed by atoms with Crippen molar-refractivity contribution in [1.82, 2.24) is 44.2 Å². The molecule has 1 amide bonds. The lowest BCUT2D eigenvalue weighted by Crippen LogP contribution is -2.45. The van der Waals surface area contributed by atoms with Crippen molar-refractivity contribution in [3.05, 3.63) is 72.8 Å². The van der Waals surface area contributed by atoms with Gasteiger partial charge in [0.1, 0.15) is 41.3 Å². The zero-order valence-corrected chi connectivity index (χ0v) is 26.1. The van der Waals surface area contributed by atoms with Crippen LogP contribution in [-0.2, 0) is 11.3 Å². The molecule has 4 bridgehead atoms. The molecular formula is C33H32FN11O2. The fourth-order valence-electron chi connectivity index (χ4n) is 6.85. The van der Waals surface area contributed by atoms with Crippen molar-refractivity contribution < 1.29 is 13.9 Å². The van der Waals surface area contributed by atoms with Gasteiger partial charge in [0.2, 0.25) is 11.9 Å². The Bertz CT molecular complexity index is 2160. The van der Waals surface area contributed by atoms with Crippen molar-refractivity contribution in [2.24, 2.45) is 0 Å². The number of benzene rings is 2. The number of amides is 1. The lowest BCUT2D eigenvalue weighted by molar-refractivity contribution is -0.131. The molecular weight excluding hydrogens is 601 g/mol. The molecule has 13 nitrogen and oxygen atoms in total. The second kappa shape index (κ2) is 11.3. The van der Waals surface area contributed by atoms with Gasteiger partial charge in [0.25, 0.3) is 0 Å². The summed E-state index contributed by atoms with van der Waals surface area (Å²) >= 11 is 0. The molecule has 0 radical (unpaired) electrons. The third kappa shape index (κ3) is 4.87. The van der Waals surface area contributed by atoms with Crippen LogP contribution >= 0.6 is 0 Å². The first-order valence-electron chi connectivity index (χ1n) is 15.5. The molecule has 2 aliphatic heterocycles. The van der Waals surface area contributed by atoms with Crippen LogP contribution in [-0.4, -0.2) is 89.4 Å². The Balaban J connectivity index is 1.19. The van der Waals surface area contributed by atoms with Crippen LogP contribution in [0.2, 0.25) is 0 Å². The Kier molecular flexibility index (Phi) is 6.92. The second-order valence-electron chi connectivity index (χ2n) is 11.9. The van der Waals surface area contributed by atoms with Crippen LogP contribution in [0.4, 0.5) is 16.2 Å². The number of carbonyl (C=O) groups is 1. The number of methoxy groups -OCH3 is 1. The predicted octanol–water partition coefficient (Wildman–Crippen LogP) is 4.00. The number of nitrogens with zero attached hydrogens (tertiary/aromatic N) is 10. The molecule has 2 atom stereocenters. The molecule has 0 saturated carbocycles. The molecule has 14 heteroatoms. The summed E-state index contributed by atoms with van der Waals surface area (Å²) < 4.78 is 23.2. The van der Waals surface area contributed by atoms with Gasteiger partial charge in [-0.25, -0.2) is 34.0 Å². The van der Waals surface area contributed by atoms with Gasteiger partial charge in [-0.2, -0.15) is 5.10 Å². The maximum atomic E-state index is 14.2. The zero-order valence-electron chi connectivity index (χ0n) is 26.1. The number of rotatable bonds is 3. The second-order valence-corrected chi connectivity index (χ2v) is 11.9. The number of aromatic nitrogens is 8. The Morgan fingerprint density at radius 3 is 2.83 bits per heavy atom. The highest BCUT2D eigenvalue weighted by Gasteiger charge is 2.40. The Morgan fingerprint density at radius 2 is 1.96 bits per heavy atom. The van der Waals surface area contributed by atoms with Crippen molar-refractivity contribution in [3.8, 4) is 22.7 Å². The molecule has 6 aromatic rings. The molecule has 0 aliphatic carbocycles. The quantitative estimate of drug-likeness (QED) is 0.305. The minimum absolute atomic E-state index is 0.00824. The topological polar surface area (TPSA) is 132 Å². The maximum absolute atomic E-state index is 14.2. The predicted molar refractivity (Wildman–Crippen MR) is 174 cm³/mol. The molecule has 47 heavy (non-hydrogen) atoms. The van der Waals surface area contributed by atoms with Gasteiger partial charge in [0.05, 0.1) is 35.4 Å². The van der Waals surface area contributed by atoms with E-state index in [9.17, 15) is 9.18 Å². The van der Waals surface area contributed by atoms with Crippen LogP contribution < -0.4 is 15.0 Å². The molecule has 2 aromatic carbocycles. The number of likely N-dealkylation sites (N-methyl/N-ethyl adjacent to an activating group) is 1. The first-order valence-corrected chi connectivity index (χ1v) is 15.5. The third-order valence-corrected chi connectivity index (χ3v) is 9.05. The Morgan fingerprint density at radius 1 is 1.06 bits per heavy atom. The first-order chi connectivity index (χ1) is 22.9. The maximum Gasteiger partial charge on any atom is 0.245 e. The number of hydrogen-bond donors (Lipinski definition) is 1. The first kappa shape index (κ1) is 28.8. The number of anilines is 2. The number of aryl methyl sites for hydroxylation is 2. The summed E-state index contributed by atoms with van der Waals surface area (Å²) in [5.41, 5.74) is 4.76. The summed E-state index contributed by atoms with van der Waals surface area (Å²) in [4.78, 5) is 41.5. The van der Waals surface area contributed by atoms with E-state index in [4.69, 9.17) is 14.7 Å². The number of para-hydroxylation sites is 1. The van der Waals surface area contributed by atoms with E-state index in [0.29, 0.717) is 60.3 Å². The van der Waals surface area contributed by atoms with Crippen molar-refractivity contribution >= 4 is 39.7 Å². The number of hydrogen-bond acceptors (Lipinski definition) is 10. The van der Waals surface area contributed by atoms with Gasteiger partial charge in [-0.1, -0.05) is 12.1 Å². The summed E-state index contributed by atoms with van der Waals surface area (Å²) in [6.45, 7) is 3.74. The van der Waals surface area contributed by atoms with Crippen LogP contribution in [0.3, 0.4) is 0 Å². The van der Waals surface area contributed by atoms with E-state index in [1.807, 2.05) is 37.1 Å². The summed E-state index contributed by atoms with van der Waals surface area (Å²) in [7, 11) is 3.33. The summed E-state index contributed by atoms with van der Waals surface area (Å²) in [6, 6.07) is 11.6. The standard InChI is InChI=1S/C33H32FN11O2/c1-19-39-25-7-4-6-22-24-10-11-35-33(41-24)40-21-15-27(32(46)42(2)12-5-13-43(19)29(22)25)44(17-21)30-23-16-38-45(31(23)37-18-36-30)26-9-8-20(34)14-28(26)47-3/h4,6-11,14,16,18,21,27H,5,12-13,15,17H2,1-3H3,(H,35,40,41)/t21-,27-/m0/s1. The smallest absolute Gasteiger partial charge is 0.245 e. The summed E-state index contributed by atoms with van der Waals surface area (Å²) in [5.74, 6) is 1.87. The molecule has 6 heterocycles. The monoisotopic (exact) mass is 633 g/mol. The van der Waals surface area contributed by atoms with Crippen LogP contribution in [0.15, 0.2) is 61.2 Å². The molecule has 0 unspecified atom stereocenters. The fraction of sp³-hybridized carbons (Fsp3) is 0.303. The molecule has 1 N–H and O–H groups in total. The number of halogens is 1. The van der Waals surface area contributed by atoms with Crippen molar-refractivity contribution in [1.29, 1.82) is 0 Å². The Hall–Kier alpha value is -5.66. The molecule has 1 fully saturated rings. The molecule has 0 spiro atoms. The van der Waals surface area contributed by atoms with E-state index >= 15 is 0 Å². The summed E-state index contributed by atoms with van der Waals surface area (Å²) in [5, 5.41) is 8.74. The summed E-state index contributed by atoms with van der Waals surface area (Å²) in [6.07, 6.45) is 6.15. The van der Waals surface area contributed by atoms with E-state index in [2.05, 4.69) is 36.0 Å². The average Bonchev–Trinajstić information content (AvgIpc) is 3.79. The molecule has 2 aliphatic rings. The number of fused-ring (bicyclic) bond motifs is 6. The molecule has 8 rings (SSSR count). The highest BCUT2D eigenvalue weighted by Crippen LogP contribution is 2.35. The van der Waals surface area contributed by atoms with Gasteiger partial charge in [0, 0.05) is 50.6 Å². The van der Waals surface area contributed by atoms with Crippen LogP contribution in [0.5, 0.6) is 5.75 Å². The van der Waals surface area contributed by atoms with Crippen molar-refractivity contribution in [2.75, 3.05) is 37.5 Å². The largest absolute Gasteiger partial charge is 0.494 e. The van der Waals surface area contributed by atoms with Crippen molar-refractivity contribution in [2.45, 2.75) is 38.4 Å². The molecule has 238 valence electrons. The van der Waals surface area contributed by atoms with Gasteiger partial charge in [-0.15, -0.1) is 0 Å². The minimum Gasteiger partial charge on any atom is -0.494 e. The van der Waals surface area contributed by atoms with E-state index in [-0.39, 0.29) is 11.9 Å². The van der Waals surface area contributed by atoms with E-state index in [1.54, 1.807) is 28.0 Å². The van der Waals surface area contributed by atoms with Crippen LogP contribution in [0.25, 0.3) is 39.0 Å². The average molecular weight is 634 g/mol. The minimum atomic E-state index is -0.508. The fourth-order valence-corrected chi connectivity index (χ4v) is 6.85. The highest BCUT2D eigenvalue weighted by atomic mass is 19.1. The third-order valence-electron chi connectivity index (χ3n) is 9.05. The number of ether oxygens (including phenoxy) is 1. The SMILES string of the molecule is COc1cc(F)ccc1-n1ncc2c(N3C[C@@H]4C[C@H]3C(=O)N(C)CCCn3c(C)nc5cccc(c53)-c3ccnc(n3)N4)ncnc21. The lowest BCUT2D eigenvalue weighted by atomic mass is 10.1. The van der Waals surface area contributed by atoms with Gasteiger partial charge in [-0.05, 0) is 44.0 Å². The lowest BCUT2D eigenvalue weighted by Gasteiger charge is -2.29. The normalized spacial score (nSPS) is 18.3. The highest BCUT2D eigenvalue weighted by molar-refractivity contribution is 5.93. The Labute approximate surface area is 269 Å². The van der Waals surface area contributed by atoms with Gasteiger partial charge in [0.15, 0.2) is 5.65 Å². The van der Waals surface area contributed by atoms with Gasteiger partial charge >= 0.3 is 0 Å². The van der Waals surface area contributed by atoms with Crippen LogP contribution in [0, 0.1) is 12.7 Å². The number of nitrogens with one attached hydrogen (secondary N) is 1. The van der Waals surface area contributed by atoms with Gasteiger partial charge in [-0.3, -0.25) is 4.79 Å². The number of imidazole rings is 1. The molecule has 1 saturated heterocycles. The van der Waals surface area contributed by atoms with E-state index in [1.165, 1.54) is 25.6 Å². The number of carbonyl (C=O) groups excluding carboxylic acids is 1. The van der Waals surface area contributed by atoms with Crippen molar-refractivity contribution in [3.63, 3.8) is 0 Å². The zero-order chi connectivity index (χ0) is 32.2. The van der Waals surface area contributed by atoms with E-state index < -0.39 is 11.9 Å². The van der Waals surface area contributed by atoms with E-state index in [0.717, 1.165) is 34.5 Å². The van der Waals surface area contributed by atoms with Gasteiger partial charge < -0.3 is 24.4 Å².